The second-order valence-corrected chi connectivity index (χ2v) is 6.05. The van der Waals surface area contributed by atoms with Gasteiger partial charge in [-0.25, -0.2) is 4.79 Å². The van der Waals surface area contributed by atoms with Crippen LogP contribution >= 0.6 is 0 Å². The van der Waals surface area contributed by atoms with E-state index in [1.54, 1.807) is 23.2 Å². The number of hydrogen-bond donors (Lipinski definition) is 1. The molecule has 2 saturated heterocycles. The van der Waals surface area contributed by atoms with Gasteiger partial charge in [-0.2, -0.15) is 4.98 Å². The Morgan fingerprint density at radius 3 is 2.96 bits per heavy atom. The molecule has 134 valence electrons. The Labute approximate surface area is 148 Å². The van der Waals surface area contributed by atoms with Crippen LogP contribution in [0.2, 0.25) is 0 Å². The number of carbonyl (C=O) groups is 3. The fourth-order valence-corrected chi connectivity index (χ4v) is 3.13. The van der Waals surface area contributed by atoms with Crippen molar-refractivity contribution in [2.45, 2.75) is 18.9 Å². The first-order chi connectivity index (χ1) is 12.6. The predicted octanol–water partition coefficient (Wildman–Crippen LogP) is 0.347. The van der Waals surface area contributed by atoms with Gasteiger partial charge in [0.2, 0.25) is 17.6 Å². The number of nitrogens with one attached hydrogen (secondary N) is 1. The first-order valence-electron chi connectivity index (χ1n) is 8.26. The summed E-state index contributed by atoms with van der Waals surface area (Å²) < 4.78 is 5.34. The van der Waals surface area contributed by atoms with Gasteiger partial charge < -0.3 is 14.7 Å². The molecule has 10 heteroatoms. The summed E-state index contributed by atoms with van der Waals surface area (Å²) in [7, 11) is 0. The first-order valence-corrected chi connectivity index (χ1v) is 8.26. The van der Waals surface area contributed by atoms with Crippen LogP contribution in [0.1, 0.15) is 24.8 Å². The Balaban J connectivity index is 1.50. The van der Waals surface area contributed by atoms with Gasteiger partial charge in [-0.1, -0.05) is 11.2 Å². The monoisotopic (exact) mass is 356 g/mol. The number of imide groups is 1. The van der Waals surface area contributed by atoms with Gasteiger partial charge >= 0.3 is 6.03 Å². The summed E-state index contributed by atoms with van der Waals surface area (Å²) in [6.07, 6.45) is 3.09. The smallest absolute Gasteiger partial charge is 0.325 e. The van der Waals surface area contributed by atoms with Crippen molar-refractivity contribution in [1.82, 2.24) is 30.2 Å². The van der Waals surface area contributed by atoms with Crippen LogP contribution in [0, 0.1) is 0 Å². The maximum absolute atomic E-state index is 12.6. The summed E-state index contributed by atoms with van der Waals surface area (Å²) in [4.78, 5) is 46.9. The Bertz CT molecular complexity index is 835. The molecule has 0 spiro atoms. The lowest BCUT2D eigenvalue weighted by Gasteiger charge is -2.23. The molecular formula is C16H16N6O4. The van der Waals surface area contributed by atoms with Crippen molar-refractivity contribution in [3.05, 3.63) is 30.3 Å². The third kappa shape index (κ3) is 2.89. The topological polar surface area (TPSA) is 122 Å². The number of urea groups is 1. The van der Waals surface area contributed by atoms with Gasteiger partial charge in [0, 0.05) is 12.7 Å². The lowest BCUT2D eigenvalue weighted by Crippen LogP contribution is -2.42. The highest BCUT2D eigenvalue weighted by atomic mass is 16.5. The molecule has 0 aromatic carbocycles. The first kappa shape index (κ1) is 16.2. The quantitative estimate of drug-likeness (QED) is 0.784. The molecular weight excluding hydrogens is 340 g/mol. The van der Waals surface area contributed by atoms with Crippen LogP contribution in [0.4, 0.5) is 4.79 Å². The third-order valence-corrected chi connectivity index (χ3v) is 4.42. The number of carbonyl (C=O) groups excluding carboxylic acids is 3. The summed E-state index contributed by atoms with van der Waals surface area (Å²) in [5.74, 6) is -0.0486. The van der Waals surface area contributed by atoms with Gasteiger partial charge in [-0.15, -0.1) is 0 Å². The number of aromatic nitrogens is 3. The second-order valence-electron chi connectivity index (χ2n) is 6.05. The molecule has 0 saturated carbocycles. The van der Waals surface area contributed by atoms with E-state index in [9.17, 15) is 14.4 Å². The Hall–Kier alpha value is -3.30. The SMILES string of the molecule is O=C1CNC(=O)N1CC(=O)N1CCCC1c1nc(-c2ccccn2)no1. The van der Waals surface area contributed by atoms with E-state index in [0.717, 1.165) is 11.3 Å². The van der Waals surface area contributed by atoms with Crippen LogP contribution in [0.15, 0.2) is 28.9 Å². The zero-order valence-electron chi connectivity index (χ0n) is 13.8. The standard InChI is InChI=1S/C16H16N6O4/c23-12-8-18-16(25)22(12)9-13(24)21-7-3-5-11(21)15-19-14(20-26-15)10-4-1-2-6-17-10/h1-2,4,6,11H,3,5,7-9H2,(H,18,25). The van der Waals surface area contributed by atoms with Gasteiger partial charge in [-0.05, 0) is 25.0 Å². The average Bonchev–Trinajstić information content (AvgIpc) is 3.38. The lowest BCUT2D eigenvalue weighted by atomic mass is 10.2. The molecule has 10 nitrogen and oxygen atoms in total. The van der Waals surface area contributed by atoms with Crippen molar-refractivity contribution >= 4 is 17.8 Å². The molecule has 0 aliphatic carbocycles. The van der Waals surface area contributed by atoms with Crippen molar-refractivity contribution in [2.75, 3.05) is 19.6 Å². The molecule has 1 N–H and O–H groups in total. The minimum atomic E-state index is -0.547. The van der Waals surface area contributed by atoms with Gasteiger partial charge in [0.15, 0.2) is 0 Å². The van der Waals surface area contributed by atoms with Crippen LogP contribution < -0.4 is 5.32 Å². The van der Waals surface area contributed by atoms with Crippen LogP contribution in [0.5, 0.6) is 0 Å². The summed E-state index contributed by atoms with van der Waals surface area (Å²) in [6.45, 7) is 0.142. The lowest BCUT2D eigenvalue weighted by molar-refractivity contribution is -0.137. The van der Waals surface area contributed by atoms with Crippen molar-refractivity contribution in [2.24, 2.45) is 0 Å². The summed E-state index contributed by atoms with van der Waals surface area (Å²) in [5.41, 5.74) is 0.581. The molecule has 2 aromatic rings. The predicted molar refractivity (Wildman–Crippen MR) is 86.3 cm³/mol. The van der Waals surface area contributed by atoms with E-state index in [2.05, 4.69) is 20.4 Å². The molecule has 4 heterocycles. The van der Waals surface area contributed by atoms with E-state index in [4.69, 9.17) is 4.52 Å². The number of amides is 4. The molecule has 1 atom stereocenters. The Morgan fingerprint density at radius 1 is 1.35 bits per heavy atom. The van der Waals surface area contributed by atoms with E-state index in [1.165, 1.54) is 0 Å². The highest BCUT2D eigenvalue weighted by molar-refractivity contribution is 6.04. The zero-order chi connectivity index (χ0) is 18.1. The summed E-state index contributed by atoms with van der Waals surface area (Å²) >= 11 is 0. The molecule has 4 amide bonds. The largest absolute Gasteiger partial charge is 0.337 e. The molecule has 2 fully saturated rings. The molecule has 2 aliphatic heterocycles. The molecule has 0 radical (unpaired) electrons. The molecule has 2 aliphatic rings. The third-order valence-electron chi connectivity index (χ3n) is 4.42. The normalized spacial score (nSPS) is 19.9. The average molecular weight is 356 g/mol. The van der Waals surface area contributed by atoms with Crippen LogP contribution in [0.3, 0.4) is 0 Å². The minimum Gasteiger partial charge on any atom is -0.337 e. The fraction of sp³-hybridized carbons (Fsp3) is 0.375. The number of hydrogen-bond acceptors (Lipinski definition) is 7. The van der Waals surface area contributed by atoms with Crippen molar-refractivity contribution in [3.63, 3.8) is 0 Å². The fourth-order valence-electron chi connectivity index (χ4n) is 3.13. The van der Waals surface area contributed by atoms with Crippen molar-refractivity contribution in [3.8, 4) is 11.5 Å². The minimum absolute atomic E-state index is 0.0767. The van der Waals surface area contributed by atoms with E-state index < -0.39 is 11.9 Å². The molecule has 1 unspecified atom stereocenters. The maximum atomic E-state index is 12.6. The van der Waals surface area contributed by atoms with Gasteiger partial charge in [0.25, 0.3) is 5.91 Å². The van der Waals surface area contributed by atoms with E-state index >= 15 is 0 Å². The summed E-state index contributed by atoms with van der Waals surface area (Å²) in [5, 5.41) is 6.34. The van der Waals surface area contributed by atoms with Gasteiger partial charge in [0.05, 0.1) is 6.54 Å². The highest BCUT2D eigenvalue weighted by Crippen LogP contribution is 2.32. The van der Waals surface area contributed by atoms with Crippen LogP contribution in [-0.2, 0) is 9.59 Å². The highest BCUT2D eigenvalue weighted by Gasteiger charge is 2.37. The van der Waals surface area contributed by atoms with E-state index in [0.29, 0.717) is 30.4 Å². The van der Waals surface area contributed by atoms with E-state index in [1.807, 2.05) is 6.07 Å². The second kappa shape index (κ2) is 6.54. The molecule has 0 bridgehead atoms. The van der Waals surface area contributed by atoms with E-state index in [-0.39, 0.29) is 25.0 Å². The number of likely N-dealkylation sites (tertiary alicyclic amines) is 1. The number of pyridine rings is 1. The van der Waals surface area contributed by atoms with Crippen LogP contribution in [0.25, 0.3) is 11.5 Å². The maximum Gasteiger partial charge on any atom is 0.325 e. The van der Waals surface area contributed by atoms with Gasteiger partial charge in [-0.3, -0.25) is 19.5 Å². The van der Waals surface area contributed by atoms with Crippen LogP contribution in [-0.4, -0.2) is 62.4 Å². The van der Waals surface area contributed by atoms with Gasteiger partial charge in [0.1, 0.15) is 18.3 Å². The molecule has 2 aromatic heterocycles. The summed E-state index contributed by atoms with van der Waals surface area (Å²) in [6, 6.07) is 4.46. The van der Waals surface area contributed by atoms with Crippen molar-refractivity contribution < 1.29 is 18.9 Å². The number of rotatable bonds is 4. The zero-order valence-corrected chi connectivity index (χ0v) is 13.8. The number of nitrogens with zero attached hydrogens (tertiary/aromatic N) is 5. The molecule has 4 rings (SSSR count). The van der Waals surface area contributed by atoms with Crippen molar-refractivity contribution in [1.29, 1.82) is 0 Å². The Morgan fingerprint density at radius 2 is 2.23 bits per heavy atom. The Kier molecular flexibility index (Phi) is 4.07. The molecule has 26 heavy (non-hydrogen) atoms.